The van der Waals surface area contributed by atoms with Gasteiger partial charge in [0.2, 0.25) is 0 Å². The molecule has 0 aromatic heterocycles. The number of aliphatic hydroxyl groups is 2. The van der Waals surface area contributed by atoms with Crippen molar-refractivity contribution in [2.75, 3.05) is 39.3 Å². The van der Waals surface area contributed by atoms with Gasteiger partial charge >= 0.3 is 0 Å². The zero-order chi connectivity index (χ0) is 16.1. The van der Waals surface area contributed by atoms with Gasteiger partial charge in [0.25, 0.3) is 0 Å². The Bertz CT molecular complexity index is 466. The van der Waals surface area contributed by atoms with E-state index in [4.69, 9.17) is 0 Å². The fourth-order valence-corrected chi connectivity index (χ4v) is 3.94. The fourth-order valence-electron chi connectivity index (χ4n) is 3.94. The molecule has 2 aliphatic rings. The standard InChI is InChI=1S/C19H30N2O2/c22-18(17-7-3-1-4-8-17)15-20-11-13-21(14-12-20)16-19(23)9-5-2-6-10-19/h1,3-4,7-8,18,22-23H,2,5-6,9-16H2. The van der Waals surface area contributed by atoms with Gasteiger partial charge in [0, 0.05) is 39.3 Å². The molecule has 1 unspecified atom stereocenters. The molecule has 1 atom stereocenters. The minimum Gasteiger partial charge on any atom is -0.389 e. The molecule has 23 heavy (non-hydrogen) atoms. The van der Waals surface area contributed by atoms with Crippen molar-refractivity contribution in [3.63, 3.8) is 0 Å². The minimum atomic E-state index is -0.454. The van der Waals surface area contributed by atoms with Gasteiger partial charge in [0.15, 0.2) is 0 Å². The van der Waals surface area contributed by atoms with Gasteiger partial charge in [-0.3, -0.25) is 9.80 Å². The highest BCUT2D eigenvalue weighted by atomic mass is 16.3. The molecule has 0 spiro atoms. The van der Waals surface area contributed by atoms with Gasteiger partial charge < -0.3 is 10.2 Å². The Morgan fingerprint density at radius 2 is 1.52 bits per heavy atom. The van der Waals surface area contributed by atoms with Crippen LogP contribution in [-0.4, -0.2) is 64.9 Å². The van der Waals surface area contributed by atoms with Crippen molar-refractivity contribution in [3.05, 3.63) is 35.9 Å². The molecule has 1 saturated heterocycles. The monoisotopic (exact) mass is 318 g/mol. The number of rotatable bonds is 5. The average Bonchev–Trinajstić information content (AvgIpc) is 2.58. The van der Waals surface area contributed by atoms with Crippen molar-refractivity contribution in [3.8, 4) is 0 Å². The van der Waals surface area contributed by atoms with Crippen LogP contribution in [0.4, 0.5) is 0 Å². The highest BCUT2D eigenvalue weighted by Gasteiger charge is 2.32. The summed E-state index contributed by atoms with van der Waals surface area (Å²) < 4.78 is 0. The van der Waals surface area contributed by atoms with Gasteiger partial charge in [-0.25, -0.2) is 0 Å². The van der Waals surface area contributed by atoms with Gasteiger partial charge in [0.05, 0.1) is 11.7 Å². The zero-order valence-corrected chi connectivity index (χ0v) is 14.0. The Morgan fingerprint density at radius 1 is 0.913 bits per heavy atom. The average molecular weight is 318 g/mol. The second kappa shape index (κ2) is 7.75. The van der Waals surface area contributed by atoms with Crippen LogP contribution in [0, 0.1) is 0 Å². The molecule has 1 saturated carbocycles. The molecule has 0 amide bonds. The highest BCUT2D eigenvalue weighted by molar-refractivity contribution is 5.17. The number of aliphatic hydroxyl groups excluding tert-OH is 1. The molecule has 2 N–H and O–H groups in total. The number of β-amino-alcohol motifs (C(OH)–C–C–N with tert-alkyl or cyclic N) is 2. The maximum absolute atomic E-state index is 10.7. The van der Waals surface area contributed by atoms with Gasteiger partial charge in [-0.05, 0) is 18.4 Å². The molecule has 0 radical (unpaired) electrons. The molecule has 1 aliphatic carbocycles. The summed E-state index contributed by atoms with van der Waals surface area (Å²) in [7, 11) is 0. The third-order valence-electron chi connectivity index (χ3n) is 5.38. The van der Waals surface area contributed by atoms with E-state index in [2.05, 4.69) is 9.80 Å². The summed E-state index contributed by atoms with van der Waals surface area (Å²) in [6.45, 7) is 5.44. The quantitative estimate of drug-likeness (QED) is 0.872. The molecule has 1 aromatic rings. The molecule has 4 heteroatoms. The second-order valence-electron chi connectivity index (χ2n) is 7.29. The van der Waals surface area contributed by atoms with E-state index in [9.17, 15) is 10.2 Å². The van der Waals surface area contributed by atoms with Crippen LogP contribution in [0.3, 0.4) is 0 Å². The number of nitrogens with zero attached hydrogens (tertiary/aromatic N) is 2. The van der Waals surface area contributed by atoms with Gasteiger partial charge in [-0.2, -0.15) is 0 Å². The lowest BCUT2D eigenvalue weighted by molar-refractivity contribution is -0.0379. The topological polar surface area (TPSA) is 46.9 Å². The van der Waals surface area contributed by atoms with E-state index >= 15 is 0 Å². The summed E-state index contributed by atoms with van der Waals surface area (Å²) in [5.74, 6) is 0. The molecule has 3 rings (SSSR count). The van der Waals surface area contributed by atoms with Crippen LogP contribution in [0.2, 0.25) is 0 Å². The van der Waals surface area contributed by atoms with Crippen LogP contribution in [0.1, 0.15) is 43.8 Å². The highest BCUT2D eigenvalue weighted by Crippen LogP contribution is 2.29. The Balaban J connectivity index is 1.43. The molecule has 4 nitrogen and oxygen atoms in total. The fraction of sp³-hybridized carbons (Fsp3) is 0.684. The van der Waals surface area contributed by atoms with Crippen LogP contribution in [0.25, 0.3) is 0 Å². The van der Waals surface area contributed by atoms with E-state index in [0.717, 1.165) is 51.1 Å². The third-order valence-corrected chi connectivity index (χ3v) is 5.38. The normalized spacial score (nSPS) is 24.4. The van der Waals surface area contributed by atoms with Gasteiger partial charge in [-0.15, -0.1) is 0 Å². The smallest absolute Gasteiger partial charge is 0.0916 e. The predicted molar refractivity (Wildman–Crippen MR) is 92.3 cm³/mol. The van der Waals surface area contributed by atoms with E-state index in [1.807, 2.05) is 30.3 Å². The van der Waals surface area contributed by atoms with E-state index in [1.165, 1.54) is 19.3 Å². The minimum absolute atomic E-state index is 0.412. The summed E-state index contributed by atoms with van der Waals surface area (Å²) in [6, 6.07) is 9.90. The van der Waals surface area contributed by atoms with Crippen LogP contribution < -0.4 is 0 Å². The Hall–Kier alpha value is -0.940. The molecule has 128 valence electrons. The number of hydrogen-bond acceptors (Lipinski definition) is 4. The molecular weight excluding hydrogens is 288 g/mol. The van der Waals surface area contributed by atoms with Crippen molar-refractivity contribution in [2.24, 2.45) is 0 Å². The Morgan fingerprint density at radius 3 is 2.17 bits per heavy atom. The van der Waals surface area contributed by atoms with Crippen molar-refractivity contribution < 1.29 is 10.2 Å². The summed E-state index contributed by atoms with van der Waals surface area (Å²) >= 11 is 0. The largest absolute Gasteiger partial charge is 0.389 e. The second-order valence-corrected chi connectivity index (χ2v) is 7.29. The summed E-state index contributed by atoms with van der Waals surface area (Å²) in [5, 5.41) is 21.0. The lowest BCUT2D eigenvalue weighted by Gasteiger charge is -2.41. The molecular formula is C19H30N2O2. The SMILES string of the molecule is OC(CN1CCN(CC2(O)CCCCC2)CC1)c1ccccc1. The van der Waals surface area contributed by atoms with E-state index in [-0.39, 0.29) is 0 Å². The summed E-state index contributed by atoms with van der Waals surface area (Å²) in [6.07, 6.45) is 5.11. The first-order chi connectivity index (χ1) is 11.1. The first kappa shape index (κ1) is 16.9. The van der Waals surface area contributed by atoms with Crippen LogP contribution in [-0.2, 0) is 0 Å². The first-order valence-corrected chi connectivity index (χ1v) is 9.05. The van der Waals surface area contributed by atoms with Crippen LogP contribution in [0.5, 0.6) is 0 Å². The Labute approximate surface area is 139 Å². The third kappa shape index (κ3) is 4.77. The van der Waals surface area contributed by atoms with Crippen molar-refractivity contribution in [2.45, 2.75) is 43.8 Å². The number of benzene rings is 1. The van der Waals surface area contributed by atoms with Gasteiger partial charge in [0.1, 0.15) is 0 Å². The molecule has 2 fully saturated rings. The number of piperazine rings is 1. The maximum atomic E-state index is 10.7. The van der Waals surface area contributed by atoms with Crippen molar-refractivity contribution >= 4 is 0 Å². The summed E-state index contributed by atoms with van der Waals surface area (Å²) in [5.41, 5.74) is 0.538. The predicted octanol–water partition coefficient (Wildman–Crippen LogP) is 2.03. The zero-order valence-electron chi connectivity index (χ0n) is 14.0. The van der Waals surface area contributed by atoms with E-state index in [1.54, 1.807) is 0 Å². The molecule has 1 heterocycles. The lowest BCUT2D eigenvalue weighted by atomic mass is 9.84. The first-order valence-electron chi connectivity index (χ1n) is 9.05. The van der Waals surface area contributed by atoms with E-state index < -0.39 is 11.7 Å². The van der Waals surface area contributed by atoms with Crippen molar-refractivity contribution in [1.82, 2.24) is 9.80 Å². The van der Waals surface area contributed by atoms with Crippen LogP contribution in [0.15, 0.2) is 30.3 Å². The van der Waals surface area contributed by atoms with Crippen molar-refractivity contribution in [1.29, 1.82) is 0 Å². The molecule has 1 aromatic carbocycles. The molecule has 1 aliphatic heterocycles. The maximum Gasteiger partial charge on any atom is 0.0916 e. The molecule has 0 bridgehead atoms. The van der Waals surface area contributed by atoms with Crippen LogP contribution >= 0.6 is 0 Å². The summed E-state index contributed by atoms with van der Waals surface area (Å²) in [4.78, 5) is 4.73. The van der Waals surface area contributed by atoms with Gasteiger partial charge in [-0.1, -0.05) is 49.6 Å². The van der Waals surface area contributed by atoms with E-state index in [0.29, 0.717) is 6.54 Å². The number of hydrogen-bond donors (Lipinski definition) is 2. The lowest BCUT2D eigenvalue weighted by Crippen LogP contribution is -2.52. The Kier molecular flexibility index (Phi) is 5.70.